The Morgan fingerprint density at radius 1 is 1.20 bits per heavy atom. The van der Waals surface area contributed by atoms with Crippen LogP contribution in [0.3, 0.4) is 0 Å². The van der Waals surface area contributed by atoms with Crippen LogP contribution in [-0.2, 0) is 0 Å². The van der Waals surface area contributed by atoms with E-state index < -0.39 is 0 Å². The highest BCUT2D eigenvalue weighted by atomic mass is 16.2. The first-order chi connectivity index (χ1) is 4.77. The Balaban J connectivity index is 2.98. The fourth-order valence-corrected chi connectivity index (χ4v) is 0.646. The molecule has 4 nitrogen and oxygen atoms in total. The Labute approximate surface area is 60.9 Å². The highest BCUT2D eigenvalue weighted by Gasteiger charge is 1.87. The van der Waals surface area contributed by atoms with Crippen molar-refractivity contribution in [2.75, 3.05) is 13.2 Å². The van der Waals surface area contributed by atoms with Gasteiger partial charge in [0, 0.05) is 6.61 Å². The summed E-state index contributed by atoms with van der Waals surface area (Å²) in [6.07, 6.45) is 2.86. The van der Waals surface area contributed by atoms with Gasteiger partial charge in [-0.05, 0) is 19.3 Å². The number of unbranched alkanes of at least 4 members (excludes halogenated alkanes) is 2. The average Bonchev–Trinajstić information content (AvgIpc) is 1.87. The smallest absolute Gasteiger partial charge is 0.338 e. The molecule has 0 atom stereocenters. The molecule has 10 heavy (non-hydrogen) atoms. The summed E-state index contributed by atoms with van der Waals surface area (Å²) in [6, 6.07) is 0. The van der Waals surface area contributed by atoms with Gasteiger partial charge in [0.05, 0.1) is 6.54 Å². The first kappa shape index (κ1) is 9.23. The molecule has 0 spiro atoms. The van der Waals surface area contributed by atoms with Crippen LogP contribution < -0.4 is 16.5 Å². The van der Waals surface area contributed by atoms with Crippen LogP contribution in [0.4, 0.5) is 0 Å². The van der Waals surface area contributed by atoms with Gasteiger partial charge in [-0.15, -0.1) is 0 Å². The summed E-state index contributed by atoms with van der Waals surface area (Å²) >= 11 is 0. The van der Waals surface area contributed by atoms with Gasteiger partial charge in [-0.3, -0.25) is 16.5 Å². The molecule has 0 aromatic heterocycles. The second-order valence-corrected chi connectivity index (χ2v) is 2.17. The monoisotopic (exact) mass is 146 g/mol. The zero-order valence-electron chi connectivity index (χ0n) is 6.14. The van der Waals surface area contributed by atoms with E-state index in [0.717, 1.165) is 25.8 Å². The second-order valence-electron chi connectivity index (χ2n) is 2.17. The topological polar surface area (TPSA) is 86.2 Å². The first-order valence-electron chi connectivity index (χ1n) is 3.50. The number of hydrogen-bond acceptors (Lipinski definition) is 1. The van der Waals surface area contributed by atoms with Gasteiger partial charge in [0.2, 0.25) is 0 Å². The van der Waals surface area contributed by atoms with Crippen LogP contribution in [0.25, 0.3) is 0 Å². The quantitative estimate of drug-likeness (QED) is 0.196. The molecular formula is C6H16N3O+. The zero-order chi connectivity index (χ0) is 7.82. The van der Waals surface area contributed by atoms with Crippen LogP contribution in [0, 0.1) is 0 Å². The number of aliphatic hydroxyl groups excluding tert-OH is 1. The highest BCUT2D eigenvalue weighted by Crippen LogP contribution is 1.88. The molecule has 4 heteroatoms. The number of hydrogen-bond donors (Lipinski definition) is 4. The third-order valence-corrected chi connectivity index (χ3v) is 1.16. The van der Waals surface area contributed by atoms with Crippen LogP contribution >= 0.6 is 0 Å². The van der Waals surface area contributed by atoms with Crippen molar-refractivity contribution in [3.05, 3.63) is 0 Å². The van der Waals surface area contributed by atoms with E-state index in [2.05, 4.69) is 4.99 Å². The SMILES string of the molecule is NC(N)=[NH+]CCCCCO. The van der Waals surface area contributed by atoms with Crippen molar-refractivity contribution in [1.82, 2.24) is 0 Å². The molecule has 60 valence electrons. The minimum absolute atomic E-state index is 0.266. The van der Waals surface area contributed by atoms with Gasteiger partial charge in [-0.1, -0.05) is 0 Å². The molecular weight excluding hydrogens is 130 g/mol. The zero-order valence-corrected chi connectivity index (χ0v) is 6.14. The molecule has 0 radical (unpaired) electrons. The molecule has 0 aliphatic carbocycles. The maximum Gasteiger partial charge on any atom is 0.338 e. The van der Waals surface area contributed by atoms with E-state index in [1.807, 2.05) is 0 Å². The lowest BCUT2D eigenvalue weighted by atomic mass is 10.2. The molecule has 0 aliphatic rings. The summed E-state index contributed by atoms with van der Waals surface area (Å²) in [6.45, 7) is 1.06. The molecule has 0 saturated carbocycles. The average molecular weight is 146 g/mol. The summed E-state index contributed by atoms with van der Waals surface area (Å²) in [5.74, 6) is 0.268. The summed E-state index contributed by atoms with van der Waals surface area (Å²) in [5.41, 5.74) is 10.3. The minimum atomic E-state index is 0.266. The normalized spacial score (nSPS) is 9.30. The van der Waals surface area contributed by atoms with Gasteiger partial charge < -0.3 is 5.11 Å². The fourth-order valence-electron chi connectivity index (χ4n) is 0.646. The molecule has 0 unspecified atom stereocenters. The van der Waals surface area contributed by atoms with Gasteiger partial charge in [-0.2, -0.15) is 0 Å². The van der Waals surface area contributed by atoms with Gasteiger partial charge in [0.15, 0.2) is 0 Å². The van der Waals surface area contributed by atoms with E-state index in [1.165, 1.54) is 0 Å². The van der Waals surface area contributed by atoms with Crippen molar-refractivity contribution in [3.8, 4) is 0 Å². The van der Waals surface area contributed by atoms with Crippen molar-refractivity contribution in [2.24, 2.45) is 11.5 Å². The second kappa shape index (κ2) is 6.35. The largest absolute Gasteiger partial charge is 0.396 e. The van der Waals surface area contributed by atoms with Crippen molar-refractivity contribution >= 4 is 5.96 Å². The summed E-state index contributed by atoms with van der Waals surface area (Å²) in [5, 5.41) is 8.40. The first-order valence-corrected chi connectivity index (χ1v) is 3.50. The maximum absolute atomic E-state index is 8.40. The van der Waals surface area contributed by atoms with E-state index >= 15 is 0 Å². The lowest BCUT2D eigenvalue weighted by Gasteiger charge is -1.92. The van der Waals surface area contributed by atoms with E-state index in [-0.39, 0.29) is 12.6 Å². The number of nitrogens with two attached hydrogens (primary N) is 2. The maximum atomic E-state index is 8.40. The molecule has 0 amide bonds. The Bertz CT molecular complexity index is 99.2. The number of nitrogens with one attached hydrogen (secondary N) is 1. The molecule has 0 bridgehead atoms. The van der Waals surface area contributed by atoms with Crippen molar-refractivity contribution < 1.29 is 10.1 Å². The Morgan fingerprint density at radius 3 is 2.40 bits per heavy atom. The lowest BCUT2D eigenvalue weighted by Crippen LogP contribution is -2.78. The molecule has 0 aromatic carbocycles. The van der Waals surface area contributed by atoms with Crippen LogP contribution in [0.1, 0.15) is 19.3 Å². The van der Waals surface area contributed by atoms with Gasteiger partial charge in [0.1, 0.15) is 0 Å². The molecule has 0 rings (SSSR count). The summed E-state index contributed by atoms with van der Waals surface area (Å²) in [7, 11) is 0. The highest BCUT2D eigenvalue weighted by molar-refractivity contribution is 5.69. The Hall–Kier alpha value is -0.770. The Morgan fingerprint density at radius 2 is 1.90 bits per heavy atom. The standard InChI is InChI=1S/C6H15N3O/c7-6(8)9-4-2-1-3-5-10/h10H,1-5H2,(H4,7,8,9)/p+1. The van der Waals surface area contributed by atoms with E-state index in [9.17, 15) is 0 Å². The Kier molecular flexibility index (Phi) is 5.86. The van der Waals surface area contributed by atoms with Gasteiger partial charge in [-0.25, -0.2) is 0 Å². The predicted octanol–water partition coefficient (Wildman–Crippen LogP) is -2.50. The van der Waals surface area contributed by atoms with E-state index in [4.69, 9.17) is 16.6 Å². The van der Waals surface area contributed by atoms with Crippen LogP contribution in [0.15, 0.2) is 0 Å². The van der Waals surface area contributed by atoms with E-state index in [1.54, 1.807) is 0 Å². The number of aliphatic hydroxyl groups is 1. The van der Waals surface area contributed by atoms with Crippen molar-refractivity contribution in [2.45, 2.75) is 19.3 Å². The van der Waals surface area contributed by atoms with Gasteiger partial charge >= 0.3 is 5.96 Å². The van der Waals surface area contributed by atoms with E-state index in [0.29, 0.717) is 0 Å². The van der Waals surface area contributed by atoms with Crippen LogP contribution in [-0.4, -0.2) is 24.2 Å². The predicted molar refractivity (Wildman–Crippen MR) is 40.1 cm³/mol. The lowest BCUT2D eigenvalue weighted by molar-refractivity contribution is -0.459. The number of guanidine groups is 1. The fraction of sp³-hybridized carbons (Fsp3) is 0.833. The summed E-state index contributed by atoms with van der Waals surface area (Å²) < 4.78 is 0. The molecule has 0 fully saturated rings. The molecule has 0 aliphatic heterocycles. The minimum Gasteiger partial charge on any atom is -0.396 e. The number of rotatable bonds is 5. The molecule has 6 N–H and O–H groups in total. The van der Waals surface area contributed by atoms with Gasteiger partial charge in [0.25, 0.3) is 0 Å². The third kappa shape index (κ3) is 7.23. The molecule has 0 saturated heterocycles. The van der Waals surface area contributed by atoms with Crippen molar-refractivity contribution in [3.63, 3.8) is 0 Å². The van der Waals surface area contributed by atoms with Crippen LogP contribution in [0.2, 0.25) is 0 Å². The third-order valence-electron chi connectivity index (χ3n) is 1.16. The van der Waals surface area contributed by atoms with Crippen LogP contribution in [0.5, 0.6) is 0 Å². The molecule has 0 heterocycles. The molecule has 0 aromatic rings. The summed E-state index contributed by atoms with van der Waals surface area (Å²) in [4.78, 5) is 2.79. The van der Waals surface area contributed by atoms with Crippen molar-refractivity contribution in [1.29, 1.82) is 0 Å².